The van der Waals surface area contributed by atoms with Gasteiger partial charge in [0, 0.05) is 12.3 Å². The molecule has 1 rings (SSSR count). The van der Waals surface area contributed by atoms with Crippen LogP contribution >= 0.6 is 23.5 Å². The number of aliphatic hydroxyl groups is 2. The minimum Gasteiger partial charge on any atom is -0.390 e. The largest absolute Gasteiger partial charge is 0.490 e. The Hall–Kier alpha value is -1.17. The first-order chi connectivity index (χ1) is 14.4. The zero-order chi connectivity index (χ0) is 25.0. The van der Waals surface area contributed by atoms with Crippen molar-refractivity contribution >= 4 is 23.5 Å². The Labute approximate surface area is 175 Å². The van der Waals surface area contributed by atoms with Crippen LogP contribution in [0.3, 0.4) is 0 Å². The van der Waals surface area contributed by atoms with Gasteiger partial charge < -0.3 is 34.5 Å². The molecule has 2 unspecified atom stereocenters. The molecule has 1 heterocycles. The number of aliphatic hydroxyl groups excluding tert-OH is 2. The molecular formula is C10H17F2N2O15P3. The van der Waals surface area contributed by atoms with Gasteiger partial charge in [-0.05, 0) is 0 Å². The van der Waals surface area contributed by atoms with Crippen molar-refractivity contribution in [1.29, 1.82) is 0 Å². The number of aromatic nitrogens is 2. The molecule has 5 atom stereocenters. The average Bonchev–Trinajstić information content (AvgIpc) is 2.61. The van der Waals surface area contributed by atoms with Gasteiger partial charge in [-0.25, -0.2) is 27.3 Å². The molecule has 0 fully saturated rings. The van der Waals surface area contributed by atoms with E-state index in [4.69, 9.17) is 14.7 Å². The van der Waals surface area contributed by atoms with Crippen LogP contribution < -0.4 is 11.2 Å². The highest BCUT2D eigenvalue weighted by Gasteiger charge is 2.44. The Bertz CT molecular complexity index is 1040. The number of rotatable bonds is 13. The Morgan fingerprint density at radius 2 is 1.72 bits per heavy atom. The summed E-state index contributed by atoms with van der Waals surface area (Å²) < 4.78 is 76.8. The van der Waals surface area contributed by atoms with Crippen LogP contribution in [0.1, 0.15) is 6.23 Å². The number of phosphoric acid groups is 3. The van der Waals surface area contributed by atoms with Crippen molar-refractivity contribution in [1.82, 2.24) is 9.55 Å². The molecule has 0 bridgehead atoms. The number of phosphoric ester groups is 1. The first-order valence-corrected chi connectivity index (χ1v) is 12.3. The van der Waals surface area contributed by atoms with Crippen LogP contribution in [-0.4, -0.2) is 71.2 Å². The van der Waals surface area contributed by atoms with Gasteiger partial charge in [0.2, 0.25) is 0 Å². The Morgan fingerprint density at radius 1 is 1.12 bits per heavy atom. The van der Waals surface area contributed by atoms with Gasteiger partial charge in [-0.2, -0.15) is 8.62 Å². The Balaban J connectivity index is 3.06. The van der Waals surface area contributed by atoms with E-state index >= 15 is 0 Å². The number of aromatic amines is 1. The normalized spacial score (nSPS) is 20.0. The molecule has 0 aromatic carbocycles. The summed E-state index contributed by atoms with van der Waals surface area (Å²) in [6, 6.07) is 0.702. The van der Waals surface area contributed by atoms with Gasteiger partial charge in [0.05, 0.1) is 0 Å². The van der Waals surface area contributed by atoms with Crippen molar-refractivity contribution in [3.8, 4) is 0 Å². The van der Waals surface area contributed by atoms with Crippen molar-refractivity contribution < 1.29 is 70.1 Å². The van der Waals surface area contributed by atoms with Crippen molar-refractivity contribution in [3.63, 3.8) is 0 Å². The van der Waals surface area contributed by atoms with Crippen molar-refractivity contribution in [2.45, 2.75) is 18.2 Å². The average molecular weight is 536 g/mol. The van der Waals surface area contributed by atoms with Gasteiger partial charge in [-0.3, -0.25) is 18.9 Å². The monoisotopic (exact) mass is 536 g/mol. The summed E-state index contributed by atoms with van der Waals surface area (Å²) in [7, 11) is -17.5. The second-order valence-corrected chi connectivity index (χ2v) is 10.1. The number of nitrogens with zero attached hydrogens (tertiary/aromatic N) is 1. The molecule has 32 heavy (non-hydrogen) atoms. The quantitative estimate of drug-likeness (QED) is 0.140. The minimum atomic E-state index is -5.93. The predicted octanol–water partition coefficient (Wildman–Crippen LogP) is -1.62. The highest BCUT2D eigenvalue weighted by molar-refractivity contribution is 7.66. The van der Waals surface area contributed by atoms with Crippen LogP contribution in [0.2, 0.25) is 0 Å². The first-order valence-electron chi connectivity index (χ1n) is 7.74. The van der Waals surface area contributed by atoms with Crippen LogP contribution in [0.25, 0.3) is 0 Å². The number of halogens is 2. The lowest BCUT2D eigenvalue weighted by molar-refractivity contribution is -0.256. The number of ether oxygens (including phenoxy) is 1. The summed E-state index contributed by atoms with van der Waals surface area (Å²) in [5.74, 6) is -3.62. The standard InChI is InChI=1S/C10H17F2N2O15P3/c11-3-6(16)8(14-2-1-7(17)13-9(14)18)27-10(12,4-15)5-26-31(22,23)29-32(24,25)28-30(19,20)21/h1-2,6,8,15-16H,3-5H2,(H,22,23)(H,24,25)(H,13,17,18)(H2,19,20,21)/t6-,8+,10-/m0/s1. The van der Waals surface area contributed by atoms with Gasteiger partial charge in [0.15, 0.2) is 6.23 Å². The molecular weight excluding hydrogens is 519 g/mol. The van der Waals surface area contributed by atoms with Gasteiger partial charge in [0.25, 0.3) is 11.4 Å². The molecule has 0 radical (unpaired) electrons. The van der Waals surface area contributed by atoms with E-state index in [1.807, 2.05) is 0 Å². The van der Waals surface area contributed by atoms with E-state index in [9.17, 15) is 47.2 Å². The second-order valence-electron chi connectivity index (χ2n) is 5.65. The maximum Gasteiger partial charge on any atom is 0.490 e. The van der Waals surface area contributed by atoms with Crippen LogP contribution in [0.4, 0.5) is 8.78 Å². The topological polar surface area (TPSA) is 264 Å². The fraction of sp³-hybridized carbons (Fsp3) is 0.600. The van der Waals surface area contributed by atoms with Crippen LogP contribution in [0, 0.1) is 0 Å². The minimum absolute atomic E-state index is 0.292. The highest BCUT2D eigenvalue weighted by atomic mass is 31.3. The summed E-state index contributed by atoms with van der Waals surface area (Å²) in [6.07, 6.45) is -3.91. The molecule has 1 aromatic rings. The Kier molecular flexibility index (Phi) is 9.78. The summed E-state index contributed by atoms with van der Waals surface area (Å²) in [5, 5.41) is 18.9. The number of nitrogens with one attached hydrogen (secondary N) is 1. The summed E-state index contributed by atoms with van der Waals surface area (Å²) in [5.41, 5.74) is -2.25. The third-order valence-electron chi connectivity index (χ3n) is 3.04. The van der Waals surface area contributed by atoms with E-state index in [1.165, 1.54) is 0 Å². The smallest absolute Gasteiger partial charge is 0.390 e. The van der Waals surface area contributed by atoms with Gasteiger partial charge in [-0.15, -0.1) is 0 Å². The molecule has 0 spiro atoms. The molecule has 0 aliphatic rings. The number of hydrogen-bond acceptors (Lipinski definition) is 11. The fourth-order valence-corrected chi connectivity index (χ4v) is 4.89. The van der Waals surface area contributed by atoms with Crippen molar-refractivity contribution in [2.75, 3.05) is 19.9 Å². The van der Waals surface area contributed by atoms with E-state index in [1.54, 1.807) is 4.98 Å². The molecule has 0 saturated heterocycles. The molecule has 22 heteroatoms. The molecule has 0 aliphatic carbocycles. The summed E-state index contributed by atoms with van der Waals surface area (Å²) in [6.45, 7) is -5.23. The summed E-state index contributed by atoms with van der Waals surface area (Å²) in [4.78, 5) is 59.8. The molecule has 1 aromatic heterocycles. The lowest BCUT2D eigenvalue weighted by Crippen LogP contribution is -2.46. The SMILES string of the molecule is O=c1ccn([C@H](O[C@@](F)(CO)COP(=O)(O)OP(=O)(O)OP(=O)(O)O)[C@@H](O)CF)c(=O)[nH]1. The van der Waals surface area contributed by atoms with Crippen molar-refractivity contribution in [3.05, 3.63) is 33.1 Å². The molecule has 0 saturated carbocycles. The number of hydrogen-bond donors (Lipinski definition) is 7. The van der Waals surface area contributed by atoms with Crippen LogP contribution in [0.15, 0.2) is 21.9 Å². The number of alkyl halides is 2. The van der Waals surface area contributed by atoms with Crippen molar-refractivity contribution in [2.24, 2.45) is 0 Å². The van der Waals surface area contributed by atoms with Crippen LogP contribution in [0.5, 0.6) is 0 Å². The first kappa shape index (κ1) is 28.9. The van der Waals surface area contributed by atoms with E-state index in [-0.39, 0.29) is 0 Å². The maximum absolute atomic E-state index is 14.8. The van der Waals surface area contributed by atoms with E-state index in [0.29, 0.717) is 16.8 Å². The third-order valence-corrected chi connectivity index (χ3v) is 6.82. The molecule has 0 aliphatic heterocycles. The predicted molar refractivity (Wildman–Crippen MR) is 94.2 cm³/mol. The summed E-state index contributed by atoms with van der Waals surface area (Å²) >= 11 is 0. The lowest BCUT2D eigenvalue weighted by Gasteiger charge is -2.31. The molecule has 7 N–H and O–H groups in total. The molecule has 186 valence electrons. The van der Waals surface area contributed by atoms with E-state index in [0.717, 1.165) is 0 Å². The highest BCUT2D eigenvalue weighted by Crippen LogP contribution is 2.66. The molecule has 17 nitrogen and oxygen atoms in total. The van der Waals surface area contributed by atoms with Gasteiger partial charge in [0.1, 0.15) is 26.0 Å². The maximum atomic E-state index is 14.8. The van der Waals surface area contributed by atoms with Gasteiger partial charge >= 0.3 is 29.2 Å². The van der Waals surface area contributed by atoms with Crippen LogP contribution in [-0.2, 0) is 31.6 Å². The fourth-order valence-electron chi connectivity index (χ4n) is 1.84. The zero-order valence-electron chi connectivity index (χ0n) is 15.3. The van der Waals surface area contributed by atoms with E-state index in [2.05, 4.69) is 17.9 Å². The molecule has 0 amide bonds. The lowest BCUT2D eigenvalue weighted by atomic mass is 10.3. The third kappa shape index (κ3) is 9.36. The number of H-pyrrole nitrogens is 1. The van der Waals surface area contributed by atoms with E-state index < -0.39 is 72.8 Å². The second kappa shape index (κ2) is 10.8. The Morgan fingerprint density at radius 3 is 2.19 bits per heavy atom. The zero-order valence-corrected chi connectivity index (χ0v) is 18.0. The van der Waals surface area contributed by atoms with Gasteiger partial charge in [-0.1, -0.05) is 0 Å².